The van der Waals surface area contributed by atoms with Gasteiger partial charge in [-0.1, -0.05) is 17.7 Å². The predicted molar refractivity (Wildman–Crippen MR) is 89.7 cm³/mol. The van der Waals surface area contributed by atoms with Crippen molar-refractivity contribution in [2.45, 2.75) is 11.4 Å². The lowest BCUT2D eigenvalue weighted by atomic mass is 10.1. The Labute approximate surface area is 141 Å². The molecule has 5 nitrogen and oxygen atoms in total. The van der Waals surface area contributed by atoms with Gasteiger partial charge < -0.3 is 9.47 Å². The van der Waals surface area contributed by atoms with Gasteiger partial charge in [0, 0.05) is 18.6 Å². The molecule has 0 fully saturated rings. The fraction of sp³-hybridized carbons (Fsp3) is 0.250. The number of hydrogen-bond donors (Lipinski definition) is 0. The summed E-state index contributed by atoms with van der Waals surface area (Å²) < 4.78 is 37.2. The van der Waals surface area contributed by atoms with E-state index < -0.39 is 10.0 Å². The van der Waals surface area contributed by atoms with Gasteiger partial charge in [-0.25, -0.2) is 8.42 Å². The van der Waals surface area contributed by atoms with Crippen LogP contribution in [0.25, 0.3) is 0 Å². The second-order valence-corrected chi connectivity index (χ2v) is 7.34. The highest BCUT2D eigenvalue weighted by Gasteiger charge is 2.23. The summed E-state index contributed by atoms with van der Waals surface area (Å²) in [7, 11) is 0.937. The number of sulfonamides is 1. The fourth-order valence-corrected chi connectivity index (χ4v) is 3.44. The van der Waals surface area contributed by atoms with Crippen LogP contribution in [0.4, 0.5) is 0 Å². The van der Waals surface area contributed by atoms with Gasteiger partial charge in [0.05, 0.1) is 24.7 Å². The normalized spacial score (nSPS) is 11.5. The molecule has 0 atom stereocenters. The van der Waals surface area contributed by atoms with Gasteiger partial charge in [0.15, 0.2) is 0 Å². The second-order valence-electron chi connectivity index (χ2n) is 4.86. The molecule has 0 aliphatic heterocycles. The van der Waals surface area contributed by atoms with Crippen LogP contribution in [0.1, 0.15) is 5.56 Å². The quantitative estimate of drug-likeness (QED) is 0.798. The Morgan fingerprint density at radius 3 is 2.00 bits per heavy atom. The Kier molecular flexibility index (Phi) is 5.51. The highest BCUT2D eigenvalue weighted by atomic mass is 35.5. The van der Waals surface area contributed by atoms with Crippen LogP contribution < -0.4 is 9.47 Å². The summed E-state index contributed by atoms with van der Waals surface area (Å²) in [4.78, 5) is 0.179. The lowest BCUT2D eigenvalue weighted by Crippen LogP contribution is -2.27. The fourth-order valence-electron chi connectivity index (χ4n) is 2.18. The first-order valence-corrected chi connectivity index (χ1v) is 8.63. The van der Waals surface area contributed by atoms with Crippen molar-refractivity contribution in [2.24, 2.45) is 0 Å². The van der Waals surface area contributed by atoms with Crippen molar-refractivity contribution in [1.82, 2.24) is 4.31 Å². The molecule has 0 heterocycles. The summed E-state index contributed by atoms with van der Waals surface area (Å²) in [6.07, 6.45) is 0. The number of methoxy groups -OCH3 is 2. The van der Waals surface area contributed by atoms with Gasteiger partial charge in [-0.2, -0.15) is 4.31 Å². The minimum Gasteiger partial charge on any atom is -0.496 e. The molecule has 124 valence electrons. The molecule has 0 saturated carbocycles. The van der Waals surface area contributed by atoms with Crippen LogP contribution >= 0.6 is 11.6 Å². The summed E-state index contributed by atoms with van der Waals surface area (Å²) in [6, 6.07) is 11.4. The highest BCUT2D eigenvalue weighted by Crippen LogP contribution is 2.30. The first kappa shape index (κ1) is 17.6. The molecule has 0 unspecified atom stereocenters. The van der Waals surface area contributed by atoms with Crippen molar-refractivity contribution in [3.05, 3.63) is 53.1 Å². The van der Waals surface area contributed by atoms with Crippen molar-refractivity contribution in [3.63, 3.8) is 0 Å². The maximum Gasteiger partial charge on any atom is 0.243 e. The van der Waals surface area contributed by atoms with Crippen LogP contribution in [0, 0.1) is 0 Å². The molecule has 7 heteroatoms. The Morgan fingerprint density at radius 2 is 1.52 bits per heavy atom. The molecule has 0 spiro atoms. The van der Waals surface area contributed by atoms with E-state index in [0.717, 1.165) is 0 Å². The Balaban J connectivity index is 2.35. The van der Waals surface area contributed by atoms with E-state index in [1.54, 1.807) is 30.3 Å². The average molecular weight is 356 g/mol. The largest absolute Gasteiger partial charge is 0.496 e. The standard InChI is InChI=1S/C16H18ClNO4S/c1-18(23(19,20)13-9-7-12(17)8-10-13)11-14-15(21-2)5-4-6-16(14)22-3/h4-10H,11H2,1-3H3. The van der Waals surface area contributed by atoms with Crippen molar-refractivity contribution in [2.75, 3.05) is 21.3 Å². The van der Waals surface area contributed by atoms with E-state index >= 15 is 0 Å². The third-order valence-corrected chi connectivity index (χ3v) is 5.50. The number of nitrogens with zero attached hydrogens (tertiary/aromatic N) is 1. The second kappa shape index (κ2) is 7.21. The maximum atomic E-state index is 12.6. The van der Waals surface area contributed by atoms with Crippen molar-refractivity contribution < 1.29 is 17.9 Å². The minimum absolute atomic E-state index is 0.123. The van der Waals surface area contributed by atoms with E-state index in [4.69, 9.17) is 21.1 Å². The lowest BCUT2D eigenvalue weighted by molar-refractivity contribution is 0.371. The predicted octanol–water partition coefficient (Wildman–Crippen LogP) is 3.18. The SMILES string of the molecule is COc1cccc(OC)c1CN(C)S(=O)(=O)c1ccc(Cl)cc1. The smallest absolute Gasteiger partial charge is 0.243 e. The molecular weight excluding hydrogens is 338 g/mol. The van der Waals surface area contributed by atoms with E-state index in [9.17, 15) is 8.42 Å². The summed E-state index contributed by atoms with van der Waals surface area (Å²) in [5, 5.41) is 0.484. The van der Waals surface area contributed by atoms with Crippen molar-refractivity contribution in [1.29, 1.82) is 0 Å². The third kappa shape index (κ3) is 3.77. The zero-order valence-corrected chi connectivity index (χ0v) is 14.7. The summed E-state index contributed by atoms with van der Waals surface area (Å²) >= 11 is 5.81. The molecule has 0 bridgehead atoms. The monoisotopic (exact) mass is 355 g/mol. The van der Waals surface area contributed by atoms with Gasteiger partial charge in [-0.15, -0.1) is 0 Å². The Bertz CT molecular complexity index is 753. The van der Waals surface area contributed by atoms with Gasteiger partial charge in [0.25, 0.3) is 0 Å². The number of benzene rings is 2. The highest BCUT2D eigenvalue weighted by molar-refractivity contribution is 7.89. The minimum atomic E-state index is -3.64. The van der Waals surface area contributed by atoms with Crippen molar-refractivity contribution in [3.8, 4) is 11.5 Å². The first-order valence-electron chi connectivity index (χ1n) is 6.82. The molecule has 0 N–H and O–H groups in total. The number of hydrogen-bond acceptors (Lipinski definition) is 4. The molecule has 2 aromatic rings. The van der Waals surface area contributed by atoms with Crippen LogP contribution in [0.5, 0.6) is 11.5 Å². The average Bonchev–Trinajstić information content (AvgIpc) is 2.55. The Hall–Kier alpha value is -1.76. The molecule has 2 aromatic carbocycles. The van der Waals surface area contributed by atoms with E-state index in [0.29, 0.717) is 22.1 Å². The zero-order valence-electron chi connectivity index (χ0n) is 13.1. The van der Waals surface area contributed by atoms with Crippen LogP contribution in [0.3, 0.4) is 0 Å². The molecule has 0 amide bonds. The maximum absolute atomic E-state index is 12.6. The van der Waals surface area contributed by atoms with Gasteiger partial charge >= 0.3 is 0 Å². The summed E-state index contributed by atoms with van der Waals surface area (Å²) in [5.41, 5.74) is 0.664. The molecule has 0 aromatic heterocycles. The van der Waals surface area contributed by atoms with Gasteiger partial charge in [0.1, 0.15) is 11.5 Å². The molecular formula is C16H18ClNO4S. The van der Waals surface area contributed by atoms with Gasteiger partial charge in [-0.05, 0) is 36.4 Å². The van der Waals surface area contributed by atoms with Crippen molar-refractivity contribution >= 4 is 21.6 Å². The lowest BCUT2D eigenvalue weighted by Gasteiger charge is -2.20. The summed E-state index contributed by atoms with van der Waals surface area (Å²) in [5.74, 6) is 1.14. The molecule has 0 radical (unpaired) electrons. The van der Waals surface area contributed by atoms with E-state index in [2.05, 4.69) is 0 Å². The molecule has 0 aliphatic rings. The molecule has 0 aliphatic carbocycles. The first-order chi connectivity index (χ1) is 10.9. The molecule has 23 heavy (non-hydrogen) atoms. The molecule has 0 saturated heterocycles. The van der Waals surface area contributed by atoms with Crippen LogP contribution in [0.15, 0.2) is 47.4 Å². The summed E-state index contributed by atoms with van der Waals surface area (Å²) in [6.45, 7) is 0.123. The van der Waals surface area contributed by atoms with Gasteiger partial charge in [0.2, 0.25) is 10.0 Å². The van der Waals surface area contributed by atoms with Crippen LogP contribution in [-0.2, 0) is 16.6 Å². The van der Waals surface area contributed by atoms with Crippen LogP contribution in [0.2, 0.25) is 5.02 Å². The van der Waals surface area contributed by atoms with E-state index in [1.165, 1.54) is 37.7 Å². The van der Waals surface area contributed by atoms with Gasteiger partial charge in [-0.3, -0.25) is 0 Å². The number of ether oxygens (including phenoxy) is 2. The Morgan fingerprint density at radius 1 is 1.00 bits per heavy atom. The number of rotatable bonds is 6. The third-order valence-electron chi connectivity index (χ3n) is 3.43. The topological polar surface area (TPSA) is 55.8 Å². The zero-order chi connectivity index (χ0) is 17.0. The van der Waals surface area contributed by atoms with Crippen LogP contribution in [-0.4, -0.2) is 34.0 Å². The number of halogens is 1. The van der Waals surface area contributed by atoms with E-state index in [1.807, 2.05) is 0 Å². The van der Waals surface area contributed by atoms with E-state index in [-0.39, 0.29) is 11.4 Å². The molecule has 2 rings (SSSR count).